The molecule has 29 heavy (non-hydrogen) atoms. The van der Waals surface area contributed by atoms with E-state index in [1.165, 1.54) is 36.5 Å². The first-order chi connectivity index (χ1) is 13.7. The van der Waals surface area contributed by atoms with Crippen molar-refractivity contribution in [2.24, 2.45) is 0 Å². The van der Waals surface area contributed by atoms with E-state index in [1.54, 1.807) is 0 Å². The molecule has 3 aromatic rings. The highest BCUT2D eigenvalue weighted by Gasteiger charge is 2.58. The number of nitriles is 1. The zero-order chi connectivity index (χ0) is 21.2. The molecule has 9 heteroatoms. The SMILES string of the molecule is N#C[C@@](CC(=O)c1ccc([N+](=O)[O-])cc1)(c1cccc2ncccc12)C(F)(F)F. The zero-order valence-corrected chi connectivity index (χ0v) is 14.7. The van der Waals surface area contributed by atoms with Crippen LogP contribution < -0.4 is 0 Å². The van der Waals surface area contributed by atoms with Crippen LogP contribution in [0.3, 0.4) is 0 Å². The van der Waals surface area contributed by atoms with Gasteiger partial charge in [-0.25, -0.2) is 0 Å². The minimum Gasteiger partial charge on any atom is -0.294 e. The van der Waals surface area contributed by atoms with Crippen molar-refractivity contribution in [2.75, 3.05) is 0 Å². The number of hydrogen-bond donors (Lipinski definition) is 0. The predicted octanol–water partition coefficient (Wildman–Crippen LogP) is 4.74. The smallest absolute Gasteiger partial charge is 0.294 e. The molecule has 0 saturated heterocycles. The van der Waals surface area contributed by atoms with Crippen LogP contribution in [-0.2, 0) is 5.41 Å². The molecule has 0 aliphatic rings. The van der Waals surface area contributed by atoms with Crippen LogP contribution in [0, 0.1) is 21.4 Å². The Kier molecular flexibility index (Phi) is 5.03. The summed E-state index contributed by atoms with van der Waals surface area (Å²) in [6.07, 6.45) is -4.81. The maximum atomic E-state index is 14.2. The molecule has 0 N–H and O–H groups in total. The van der Waals surface area contributed by atoms with Crippen molar-refractivity contribution in [1.82, 2.24) is 4.98 Å². The van der Waals surface area contributed by atoms with Crippen molar-refractivity contribution in [3.8, 4) is 6.07 Å². The van der Waals surface area contributed by atoms with Gasteiger partial charge in [-0.05, 0) is 29.8 Å². The van der Waals surface area contributed by atoms with Gasteiger partial charge in [0, 0.05) is 35.7 Å². The molecule has 1 heterocycles. The molecule has 0 bridgehead atoms. The Morgan fingerprint density at radius 2 is 1.79 bits per heavy atom. The van der Waals surface area contributed by atoms with Crippen LogP contribution in [0.25, 0.3) is 10.9 Å². The molecule has 3 rings (SSSR count). The first-order valence-corrected chi connectivity index (χ1v) is 8.29. The van der Waals surface area contributed by atoms with Gasteiger partial charge in [0.1, 0.15) is 0 Å². The highest BCUT2D eigenvalue weighted by Crippen LogP contribution is 2.46. The number of fused-ring (bicyclic) bond motifs is 1. The summed E-state index contributed by atoms with van der Waals surface area (Å²) in [5, 5.41) is 20.4. The van der Waals surface area contributed by atoms with E-state index < -0.39 is 28.7 Å². The summed E-state index contributed by atoms with van der Waals surface area (Å²) in [6.45, 7) is 0. The molecule has 0 aliphatic heterocycles. The van der Waals surface area contributed by atoms with E-state index in [4.69, 9.17) is 0 Å². The molecular formula is C20H12F3N3O3. The van der Waals surface area contributed by atoms with Gasteiger partial charge in [0.25, 0.3) is 5.69 Å². The number of Topliss-reactive ketones (excluding diaryl/α,β-unsaturated/α-hetero) is 1. The molecule has 0 fully saturated rings. The minimum atomic E-state index is -5.05. The Bertz CT molecular complexity index is 1130. The molecule has 1 aromatic heterocycles. The highest BCUT2D eigenvalue weighted by molar-refractivity contribution is 5.98. The topological polar surface area (TPSA) is 96.9 Å². The first-order valence-electron chi connectivity index (χ1n) is 8.29. The van der Waals surface area contributed by atoms with Crippen LogP contribution >= 0.6 is 0 Å². The number of aromatic nitrogens is 1. The number of carbonyl (C=O) groups excluding carboxylic acids is 1. The van der Waals surface area contributed by atoms with E-state index in [2.05, 4.69) is 4.98 Å². The molecule has 0 unspecified atom stereocenters. The van der Waals surface area contributed by atoms with E-state index in [0.29, 0.717) is 0 Å². The number of non-ortho nitro benzene ring substituents is 1. The average molecular weight is 399 g/mol. The van der Waals surface area contributed by atoms with Gasteiger partial charge >= 0.3 is 6.18 Å². The lowest BCUT2D eigenvalue weighted by Crippen LogP contribution is -2.43. The van der Waals surface area contributed by atoms with Gasteiger partial charge in [-0.1, -0.05) is 18.2 Å². The molecule has 0 radical (unpaired) electrons. The summed E-state index contributed by atoms with van der Waals surface area (Å²) >= 11 is 0. The highest BCUT2D eigenvalue weighted by atomic mass is 19.4. The largest absolute Gasteiger partial charge is 0.411 e. The van der Waals surface area contributed by atoms with Crippen LogP contribution in [-0.4, -0.2) is 21.9 Å². The summed E-state index contributed by atoms with van der Waals surface area (Å²) in [7, 11) is 0. The van der Waals surface area contributed by atoms with Crippen LogP contribution in [0.2, 0.25) is 0 Å². The van der Waals surface area contributed by atoms with Crippen molar-refractivity contribution >= 4 is 22.4 Å². The molecular weight excluding hydrogens is 387 g/mol. The molecule has 0 aliphatic carbocycles. The number of nitro benzene ring substituents is 1. The standard InChI is InChI=1S/C20H12F3N3O3/c21-20(22,23)19(12-24,16-4-1-5-17-15(16)3-2-10-25-17)11-18(27)13-6-8-14(9-7-13)26(28)29/h1-10H,11H2/t19-/m0/s1. The van der Waals surface area contributed by atoms with Crippen molar-refractivity contribution in [2.45, 2.75) is 18.0 Å². The fraction of sp³-hybridized carbons (Fsp3) is 0.150. The van der Waals surface area contributed by atoms with E-state index in [0.717, 1.165) is 30.3 Å². The van der Waals surface area contributed by atoms with E-state index >= 15 is 0 Å². The van der Waals surface area contributed by atoms with Gasteiger partial charge in [0.15, 0.2) is 11.2 Å². The number of alkyl halides is 3. The van der Waals surface area contributed by atoms with Crippen LogP contribution in [0.4, 0.5) is 18.9 Å². The number of rotatable bonds is 5. The van der Waals surface area contributed by atoms with E-state index in [1.807, 2.05) is 0 Å². The van der Waals surface area contributed by atoms with Crippen LogP contribution in [0.15, 0.2) is 60.8 Å². The van der Waals surface area contributed by atoms with Gasteiger partial charge in [-0.15, -0.1) is 0 Å². The molecule has 1 atom stereocenters. The Labute approximate surface area is 162 Å². The van der Waals surface area contributed by atoms with Crippen molar-refractivity contribution in [3.63, 3.8) is 0 Å². The summed E-state index contributed by atoms with van der Waals surface area (Å²) < 4.78 is 42.5. The number of carbonyl (C=O) groups is 1. The Morgan fingerprint density at radius 1 is 1.10 bits per heavy atom. The third-order valence-corrected chi connectivity index (χ3v) is 4.61. The number of nitro groups is 1. The normalized spacial score (nSPS) is 13.4. The predicted molar refractivity (Wildman–Crippen MR) is 97.1 cm³/mol. The zero-order valence-electron chi connectivity index (χ0n) is 14.7. The number of benzene rings is 2. The number of pyridine rings is 1. The molecule has 6 nitrogen and oxygen atoms in total. The van der Waals surface area contributed by atoms with E-state index in [-0.39, 0.29) is 27.7 Å². The second-order valence-corrected chi connectivity index (χ2v) is 6.29. The van der Waals surface area contributed by atoms with Crippen LogP contribution in [0.1, 0.15) is 22.3 Å². The number of ketones is 1. The minimum absolute atomic E-state index is 0.116. The van der Waals surface area contributed by atoms with Gasteiger partial charge in [-0.2, -0.15) is 18.4 Å². The molecule has 0 amide bonds. The van der Waals surface area contributed by atoms with Crippen LogP contribution in [0.5, 0.6) is 0 Å². The maximum Gasteiger partial charge on any atom is 0.411 e. The fourth-order valence-corrected chi connectivity index (χ4v) is 3.10. The number of halogens is 3. The third-order valence-electron chi connectivity index (χ3n) is 4.61. The quantitative estimate of drug-likeness (QED) is 0.351. The number of nitrogens with zero attached hydrogens (tertiary/aromatic N) is 3. The Balaban J connectivity index is 2.12. The van der Waals surface area contributed by atoms with E-state index in [9.17, 15) is 33.3 Å². The lowest BCUT2D eigenvalue weighted by atomic mass is 9.74. The first kappa shape index (κ1) is 19.9. The van der Waals surface area contributed by atoms with Gasteiger partial charge in [0.05, 0.1) is 16.5 Å². The summed E-state index contributed by atoms with van der Waals surface area (Å²) in [5.74, 6) is -0.959. The molecule has 2 aromatic carbocycles. The average Bonchev–Trinajstić information content (AvgIpc) is 2.70. The maximum absolute atomic E-state index is 14.2. The van der Waals surface area contributed by atoms with Crippen molar-refractivity contribution in [3.05, 3.63) is 82.0 Å². The van der Waals surface area contributed by atoms with Gasteiger partial charge in [-0.3, -0.25) is 19.9 Å². The van der Waals surface area contributed by atoms with Crippen molar-refractivity contribution in [1.29, 1.82) is 5.26 Å². The molecule has 0 saturated carbocycles. The van der Waals surface area contributed by atoms with Crippen molar-refractivity contribution < 1.29 is 22.9 Å². The second-order valence-electron chi connectivity index (χ2n) is 6.29. The monoisotopic (exact) mass is 399 g/mol. The fourth-order valence-electron chi connectivity index (χ4n) is 3.10. The second kappa shape index (κ2) is 7.31. The number of hydrogen-bond acceptors (Lipinski definition) is 5. The summed E-state index contributed by atoms with van der Waals surface area (Å²) in [4.78, 5) is 26.7. The summed E-state index contributed by atoms with van der Waals surface area (Å²) in [6, 6.07) is 12.4. The lowest BCUT2D eigenvalue weighted by molar-refractivity contribution is -0.384. The van der Waals surface area contributed by atoms with Gasteiger partial charge in [0.2, 0.25) is 0 Å². The lowest BCUT2D eigenvalue weighted by Gasteiger charge is -2.30. The summed E-state index contributed by atoms with van der Waals surface area (Å²) in [5.41, 5.74) is -3.67. The molecule has 0 spiro atoms. The third kappa shape index (κ3) is 3.52. The Morgan fingerprint density at radius 3 is 2.38 bits per heavy atom. The Hall–Kier alpha value is -3.80. The van der Waals surface area contributed by atoms with Gasteiger partial charge < -0.3 is 0 Å². The molecule has 146 valence electrons.